The van der Waals surface area contributed by atoms with Crippen molar-refractivity contribution in [1.29, 1.82) is 0 Å². The Balaban J connectivity index is 1.37. The quantitative estimate of drug-likeness (QED) is 0.782. The fourth-order valence-electron chi connectivity index (χ4n) is 4.63. The van der Waals surface area contributed by atoms with Crippen LogP contribution in [0.4, 0.5) is 5.69 Å². The second-order valence-electron chi connectivity index (χ2n) is 8.16. The highest BCUT2D eigenvalue weighted by molar-refractivity contribution is 6.11. The predicted octanol–water partition coefficient (Wildman–Crippen LogP) is 2.85. The molecule has 2 saturated heterocycles. The number of rotatable bonds is 3. The van der Waals surface area contributed by atoms with Crippen molar-refractivity contribution in [2.24, 2.45) is 0 Å². The van der Waals surface area contributed by atoms with Crippen LogP contribution in [0.1, 0.15) is 46.9 Å². The van der Waals surface area contributed by atoms with E-state index in [-0.39, 0.29) is 18.2 Å². The molecule has 0 saturated carbocycles. The first-order valence-corrected chi connectivity index (χ1v) is 10.5. The minimum absolute atomic E-state index is 0.0243. The van der Waals surface area contributed by atoms with Gasteiger partial charge in [0, 0.05) is 37.8 Å². The molecule has 0 aliphatic carbocycles. The summed E-state index contributed by atoms with van der Waals surface area (Å²) in [6, 6.07) is 11.0. The molecule has 3 aliphatic rings. The molecule has 7 nitrogen and oxygen atoms in total. The number of piperidine rings is 1. The average molecular weight is 407 g/mol. The fourth-order valence-corrected chi connectivity index (χ4v) is 4.63. The van der Waals surface area contributed by atoms with Crippen LogP contribution >= 0.6 is 0 Å². The number of hydrogen-bond acceptors (Lipinski definition) is 5. The second-order valence-corrected chi connectivity index (χ2v) is 8.16. The third kappa shape index (κ3) is 3.28. The molecule has 30 heavy (non-hydrogen) atoms. The molecule has 0 bridgehead atoms. The van der Waals surface area contributed by atoms with Gasteiger partial charge in [-0.05, 0) is 31.2 Å². The number of carbonyl (C=O) groups is 2. The summed E-state index contributed by atoms with van der Waals surface area (Å²) in [5.74, 6) is -0.594. The molecule has 156 valence electrons. The highest BCUT2D eigenvalue weighted by Crippen LogP contribution is 2.39. The highest BCUT2D eigenvalue weighted by Gasteiger charge is 2.43. The van der Waals surface area contributed by atoms with E-state index in [0.717, 1.165) is 11.3 Å². The Hall–Kier alpha value is -2.77. The summed E-state index contributed by atoms with van der Waals surface area (Å²) in [7, 11) is 0. The zero-order chi connectivity index (χ0) is 20.7. The van der Waals surface area contributed by atoms with Crippen LogP contribution in [0, 0.1) is 6.92 Å². The van der Waals surface area contributed by atoms with Gasteiger partial charge in [0.05, 0.1) is 36.9 Å². The Morgan fingerprint density at radius 3 is 2.53 bits per heavy atom. The Kier molecular flexibility index (Phi) is 4.79. The number of ether oxygens (including phenoxy) is 2. The van der Waals surface area contributed by atoms with Gasteiger partial charge in [0.25, 0.3) is 5.91 Å². The van der Waals surface area contributed by atoms with E-state index < -0.39 is 11.8 Å². The zero-order valence-electron chi connectivity index (χ0n) is 17.0. The van der Waals surface area contributed by atoms with Crippen molar-refractivity contribution in [1.82, 2.24) is 9.88 Å². The lowest BCUT2D eigenvalue weighted by Gasteiger charge is -2.38. The molecular formula is C23H25N3O4. The Labute approximate surface area is 175 Å². The summed E-state index contributed by atoms with van der Waals surface area (Å²) in [5, 5.41) is 0. The van der Waals surface area contributed by atoms with E-state index >= 15 is 0 Å². The highest BCUT2D eigenvalue weighted by atomic mass is 16.7. The van der Waals surface area contributed by atoms with Crippen LogP contribution in [0.5, 0.6) is 0 Å². The monoisotopic (exact) mass is 407 g/mol. The van der Waals surface area contributed by atoms with Crippen molar-refractivity contribution in [2.75, 3.05) is 31.2 Å². The standard InChI is InChI=1S/C23H25N3O4/c1-16-4-6-17(7-5-16)26-19(21-18(22(26)28)3-2-10-24-21)15-20(27)25-11-8-23(9-12-25)29-13-14-30-23/h2-7,10,19H,8-9,11-15H2,1H3. The van der Waals surface area contributed by atoms with Crippen LogP contribution in [0.3, 0.4) is 0 Å². The summed E-state index contributed by atoms with van der Waals surface area (Å²) in [6.07, 6.45) is 3.25. The van der Waals surface area contributed by atoms with E-state index in [9.17, 15) is 9.59 Å². The Bertz CT molecular complexity index is 959. The Morgan fingerprint density at radius 1 is 1.13 bits per heavy atom. The van der Waals surface area contributed by atoms with Gasteiger partial charge in [-0.1, -0.05) is 17.7 Å². The molecule has 3 aliphatic heterocycles. The van der Waals surface area contributed by atoms with Crippen LogP contribution in [0.15, 0.2) is 42.6 Å². The van der Waals surface area contributed by atoms with E-state index in [1.165, 1.54) is 0 Å². The Morgan fingerprint density at radius 2 is 1.83 bits per heavy atom. The van der Waals surface area contributed by atoms with Gasteiger partial charge in [-0.25, -0.2) is 0 Å². The van der Waals surface area contributed by atoms with E-state index in [1.54, 1.807) is 23.2 Å². The average Bonchev–Trinajstić information content (AvgIpc) is 3.33. The van der Waals surface area contributed by atoms with Crippen LogP contribution in [0.25, 0.3) is 0 Å². The fraction of sp³-hybridized carbons (Fsp3) is 0.435. The SMILES string of the molecule is Cc1ccc(N2C(=O)c3cccnc3C2CC(=O)N2CCC3(CC2)OCCO3)cc1. The van der Waals surface area contributed by atoms with Crippen molar-refractivity contribution in [3.63, 3.8) is 0 Å². The van der Waals surface area contributed by atoms with Crippen molar-refractivity contribution in [3.05, 3.63) is 59.4 Å². The molecule has 2 aromatic rings. The number of benzene rings is 1. The number of hydrogen-bond donors (Lipinski definition) is 0. The lowest BCUT2D eigenvalue weighted by Crippen LogP contribution is -2.48. The van der Waals surface area contributed by atoms with Crippen LogP contribution in [-0.4, -0.2) is 53.8 Å². The first-order valence-electron chi connectivity index (χ1n) is 10.5. The minimum Gasteiger partial charge on any atom is -0.347 e. The molecule has 5 rings (SSSR count). The third-order valence-corrected chi connectivity index (χ3v) is 6.29. The van der Waals surface area contributed by atoms with Crippen LogP contribution in [0.2, 0.25) is 0 Å². The summed E-state index contributed by atoms with van der Waals surface area (Å²) in [4.78, 5) is 34.4. The molecule has 0 N–H and O–H groups in total. The molecular weight excluding hydrogens is 382 g/mol. The number of amides is 2. The number of carbonyl (C=O) groups excluding carboxylic acids is 2. The number of aromatic nitrogens is 1. The van der Waals surface area contributed by atoms with E-state index in [2.05, 4.69) is 4.98 Å². The number of likely N-dealkylation sites (tertiary alicyclic amines) is 1. The minimum atomic E-state index is -0.512. The lowest BCUT2D eigenvalue weighted by atomic mass is 10.0. The molecule has 1 unspecified atom stereocenters. The van der Waals surface area contributed by atoms with Gasteiger partial charge < -0.3 is 14.4 Å². The summed E-state index contributed by atoms with van der Waals surface area (Å²) in [6.45, 7) is 4.43. The summed E-state index contributed by atoms with van der Waals surface area (Å²) < 4.78 is 11.5. The van der Waals surface area contributed by atoms with Gasteiger partial charge in [-0.2, -0.15) is 0 Å². The smallest absolute Gasteiger partial charge is 0.260 e. The van der Waals surface area contributed by atoms with Crippen molar-refractivity contribution in [2.45, 2.75) is 38.0 Å². The number of anilines is 1. The molecule has 1 aromatic heterocycles. The largest absolute Gasteiger partial charge is 0.347 e. The first-order chi connectivity index (χ1) is 14.6. The van der Waals surface area contributed by atoms with E-state index in [4.69, 9.17) is 9.47 Å². The number of fused-ring (bicyclic) bond motifs is 1. The molecule has 1 atom stereocenters. The zero-order valence-corrected chi connectivity index (χ0v) is 17.0. The molecule has 1 aromatic carbocycles. The second kappa shape index (κ2) is 7.49. The molecule has 2 amide bonds. The van der Waals surface area contributed by atoms with Gasteiger partial charge in [0.2, 0.25) is 5.91 Å². The van der Waals surface area contributed by atoms with E-state index in [0.29, 0.717) is 50.4 Å². The normalized spacial score (nSPS) is 22.6. The summed E-state index contributed by atoms with van der Waals surface area (Å²) in [5.41, 5.74) is 3.15. The maximum Gasteiger partial charge on any atom is 0.260 e. The maximum absolute atomic E-state index is 13.2. The lowest BCUT2D eigenvalue weighted by molar-refractivity contribution is -0.187. The molecule has 2 fully saturated rings. The molecule has 4 heterocycles. The van der Waals surface area contributed by atoms with Gasteiger partial charge in [-0.3, -0.25) is 19.5 Å². The number of aryl methyl sites for hydroxylation is 1. The van der Waals surface area contributed by atoms with Gasteiger partial charge >= 0.3 is 0 Å². The van der Waals surface area contributed by atoms with Crippen molar-refractivity contribution in [3.8, 4) is 0 Å². The molecule has 7 heteroatoms. The topological polar surface area (TPSA) is 72.0 Å². The van der Waals surface area contributed by atoms with Gasteiger partial charge in [-0.15, -0.1) is 0 Å². The summed E-state index contributed by atoms with van der Waals surface area (Å²) >= 11 is 0. The maximum atomic E-state index is 13.2. The number of pyridine rings is 1. The van der Waals surface area contributed by atoms with E-state index in [1.807, 2.05) is 36.1 Å². The predicted molar refractivity (Wildman–Crippen MR) is 110 cm³/mol. The van der Waals surface area contributed by atoms with Gasteiger partial charge in [0.15, 0.2) is 5.79 Å². The van der Waals surface area contributed by atoms with Gasteiger partial charge in [0.1, 0.15) is 0 Å². The van der Waals surface area contributed by atoms with Crippen LogP contribution < -0.4 is 4.90 Å². The first kappa shape index (κ1) is 19.2. The van der Waals surface area contributed by atoms with Crippen LogP contribution in [-0.2, 0) is 14.3 Å². The molecule has 0 radical (unpaired) electrons. The number of nitrogens with zero attached hydrogens (tertiary/aromatic N) is 3. The van der Waals surface area contributed by atoms with Crippen molar-refractivity contribution < 1.29 is 19.1 Å². The third-order valence-electron chi connectivity index (χ3n) is 6.29. The van der Waals surface area contributed by atoms with Crippen molar-refractivity contribution >= 4 is 17.5 Å². The molecule has 1 spiro atoms.